The van der Waals surface area contributed by atoms with Crippen LogP contribution in [0.1, 0.15) is 32.6 Å². The van der Waals surface area contributed by atoms with Gasteiger partial charge in [0.15, 0.2) is 5.82 Å². The SMILES string of the molecule is CCCCN(C1CC1)S(=O)(=O)c1cccnc1NN. The van der Waals surface area contributed by atoms with Crippen LogP contribution in [-0.4, -0.2) is 30.3 Å². The molecule has 19 heavy (non-hydrogen) atoms. The number of sulfonamides is 1. The Kier molecular flexibility index (Phi) is 4.38. The van der Waals surface area contributed by atoms with Gasteiger partial charge in [0, 0.05) is 18.8 Å². The van der Waals surface area contributed by atoms with E-state index < -0.39 is 10.0 Å². The molecule has 1 fully saturated rings. The van der Waals surface area contributed by atoms with Gasteiger partial charge in [-0.3, -0.25) is 0 Å². The van der Waals surface area contributed by atoms with E-state index in [1.165, 1.54) is 6.20 Å². The second-order valence-corrected chi connectivity index (χ2v) is 6.55. The Morgan fingerprint density at radius 3 is 2.84 bits per heavy atom. The lowest BCUT2D eigenvalue weighted by Gasteiger charge is -2.22. The summed E-state index contributed by atoms with van der Waals surface area (Å²) in [6.45, 7) is 2.61. The smallest absolute Gasteiger partial charge is 0.247 e. The summed E-state index contributed by atoms with van der Waals surface area (Å²) in [5.74, 6) is 5.54. The summed E-state index contributed by atoms with van der Waals surface area (Å²) in [6, 6.07) is 3.29. The second kappa shape index (κ2) is 5.85. The molecule has 7 heteroatoms. The molecular formula is C12H20N4O2S. The Labute approximate surface area is 114 Å². The van der Waals surface area contributed by atoms with Crippen molar-refractivity contribution in [2.45, 2.75) is 43.5 Å². The first-order valence-electron chi connectivity index (χ1n) is 6.54. The standard InChI is InChI=1S/C12H20N4O2S/c1-2-3-9-16(10-6-7-10)19(17,18)11-5-4-8-14-12(11)15-13/h4-5,8,10H,2-3,6-7,9,13H2,1H3,(H,14,15). The average molecular weight is 284 g/mol. The van der Waals surface area contributed by atoms with Crippen molar-refractivity contribution < 1.29 is 8.42 Å². The van der Waals surface area contributed by atoms with E-state index in [1.54, 1.807) is 16.4 Å². The highest BCUT2D eigenvalue weighted by Crippen LogP contribution is 2.33. The molecule has 0 bridgehead atoms. The molecule has 0 atom stereocenters. The van der Waals surface area contributed by atoms with Crippen molar-refractivity contribution in [2.75, 3.05) is 12.0 Å². The number of rotatable bonds is 7. The van der Waals surface area contributed by atoms with Crippen molar-refractivity contribution >= 4 is 15.8 Å². The molecule has 1 heterocycles. The summed E-state index contributed by atoms with van der Waals surface area (Å²) in [6.07, 6.45) is 5.22. The first-order chi connectivity index (χ1) is 9.11. The summed E-state index contributed by atoms with van der Waals surface area (Å²) in [5, 5.41) is 0. The van der Waals surface area contributed by atoms with Gasteiger partial charge in [-0.25, -0.2) is 19.2 Å². The Balaban J connectivity index is 2.33. The minimum atomic E-state index is -3.52. The topological polar surface area (TPSA) is 88.3 Å². The lowest BCUT2D eigenvalue weighted by Crippen LogP contribution is -2.34. The maximum atomic E-state index is 12.7. The van der Waals surface area contributed by atoms with Crippen LogP contribution in [0.3, 0.4) is 0 Å². The van der Waals surface area contributed by atoms with Gasteiger partial charge in [-0.2, -0.15) is 4.31 Å². The number of nitrogens with two attached hydrogens (primary N) is 1. The van der Waals surface area contributed by atoms with E-state index in [1.807, 2.05) is 0 Å². The summed E-state index contributed by atoms with van der Waals surface area (Å²) in [5.41, 5.74) is 2.36. The van der Waals surface area contributed by atoms with Crippen molar-refractivity contribution in [3.63, 3.8) is 0 Å². The fourth-order valence-electron chi connectivity index (χ4n) is 2.01. The van der Waals surface area contributed by atoms with Crippen LogP contribution in [0, 0.1) is 0 Å². The minimum absolute atomic E-state index is 0.141. The summed E-state index contributed by atoms with van der Waals surface area (Å²) < 4.78 is 27.0. The molecule has 3 N–H and O–H groups in total. The van der Waals surface area contributed by atoms with E-state index in [0.717, 1.165) is 25.7 Å². The first-order valence-corrected chi connectivity index (χ1v) is 7.98. The number of hydrogen-bond acceptors (Lipinski definition) is 5. The lowest BCUT2D eigenvalue weighted by atomic mass is 10.3. The second-order valence-electron chi connectivity index (χ2n) is 4.69. The maximum absolute atomic E-state index is 12.7. The molecule has 1 aliphatic rings. The number of nitrogens with zero attached hydrogens (tertiary/aromatic N) is 2. The van der Waals surface area contributed by atoms with Crippen LogP contribution in [0.15, 0.2) is 23.2 Å². The van der Waals surface area contributed by atoms with Gasteiger partial charge in [0.25, 0.3) is 0 Å². The fourth-order valence-corrected chi connectivity index (χ4v) is 3.84. The molecule has 0 spiro atoms. The van der Waals surface area contributed by atoms with Crippen molar-refractivity contribution in [1.82, 2.24) is 9.29 Å². The number of aromatic nitrogens is 1. The molecular weight excluding hydrogens is 264 g/mol. The highest BCUT2D eigenvalue weighted by molar-refractivity contribution is 7.89. The molecule has 1 saturated carbocycles. The number of hydrogen-bond donors (Lipinski definition) is 2. The van der Waals surface area contributed by atoms with Crippen LogP contribution < -0.4 is 11.3 Å². The molecule has 2 rings (SSSR count). The highest BCUT2D eigenvalue weighted by Gasteiger charge is 2.38. The van der Waals surface area contributed by atoms with Gasteiger partial charge in [0.1, 0.15) is 4.90 Å². The summed E-state index contributed by atoms with van der Waals surface area (Å²) in [4.78, 5) is 4.12. The quantitative estimate of drug-likeness (QED) is 0.582. The molecule has 0 radical (unpaired) electrons. The monoisotopic (exact) mass is 284 g/mol. The van der Waals surface area contributed by atoms with E-state index in [9.17, 15) is 8.42 Å². The zero-order valence-electron chi connectivity index (χ0n) is 11.0. The first kappa shape index (κ1) is 14.2. The van der Waals surface area contributed by atoms with E-state index in [4.69, 9.17) is 5.84 Å². The van der Waals surface area contributed by atoms with E-state index >= 15 is 0 Å². The number of anilines is 1. The van der Waals surface area contributed by atoms with Crippen molar-refractivity contribution in [3.05, 3.63) is 18.3 Å². The molecule has 1 aromatic rings. The molecule has 1 aliphatic carbocycles. The van der Waals surface area contributed by atoms with E-state index in [0.29, 0.717) is 6.54 Å². The van der Waals surface area contributed by atoms with Crippen LogP contribution in [0.2, 0.25) is 0 Å². The van der Waals surface area contributed by atoms with Crippen LogP contribution in [0.4, 0.5) is 5.82 Å². The van der Waals surface area contributed by atoms with Gasteiger partial charge in [-0.15, -0.1) is 0 Å². The van der Waals surface area contributed by atoms with Gasteiger partial charge >= 0.3 is 0 Å². The highest BCUT2D eigenvalue weighted by atomic mass is 32.2. The fraction of sp³-hybridized carbons (Fsp3) is 0.583. The Bertz CT molecular complexity index is 528. The molecule has 1 aromatic heterocycles. The minimum Gasteiger partial charge on any atom is -0.307 e. The lowest BCUT2D eigenvalue weighted by molar-refractivity contribution is 0.396. The zero-order valence-corrected chi connectivity index (χ0v) is 11.9. The van der Waals surface area contributed by atoms with Crippen LogP contribution in [0.5, 0.6) is 0 Å². The Morgan fingerprint density at radius 2 is 2.26 bits per heavy atom. The van der Waals surface area contributed by atoms with Crippen molar-refractivity contribution in [2.24, 2.45) is 5.84 Å². The Morgan fingerprint density at radius 1 is 1.53 bits per heavy atom. The third-order valence-electron chi connectivity index (χ3n) is 3.18. The number of nitrogens with one attached hydrogen (secondary N) is 1. The third kappa shape index (κ3) is 3.05. The molecule has 0 saturated heterocycles. The molecule has 0 amide bonds. The zero-order chi connectivity index (χ0) is 13.9. The molecule has 0 unspecified atom stereocenters. The van der Waals surface area contributed by atoms with Gasteiger partial charge in [-0.05, 0) is 31.4 Å². The molecule has 106 valence electrons. The van der Waals surface area contributed by atoms with Gasteiger partial charge in [0.2, 0.25) is 10.0 Å². The number of pyridine rings is 1. The number of unbranched alkanes of at least 4 members (excludes halogenated alkanes) is 1. The Hall–Kier alpha value is -1.18. The van der Waals surface area contributed by atoms with Gasteiger partial charge in [-0.1, -0.05) is 13.3 Å². The number of nitrogen functional groups attached to an aromatic ring is 1. The molecule has 0 aromatic carbocycles. The van der Waals surface area contributed by atoms with Crippen LogP contribution >= 0.6 is 0 Å². The normalized spacial score (nSPS) is 15.7. The van der Waals surface area contributed by atoms with Gasteiger partial charge in [0.05, 0.1) is 0 Å². The predicted molar refractivity (Wildman–Crippen MR) is 73.9 cm³/mol. The maximum Gasteiger partial charge on any atom is 0.247 e. The third-order valence-corrected chi connectivity index (χ3v) is 5.16. The van der Waals surface area contributed by atoms with Crippen molar-refractivity contribution in [3.8, 4) is 0 Å². The summed E-state index contributed by atoms with van der Waals surface area (Å²) in [7, 11) is -3.52. The number of hydrazine groups is 1. The van der Waals surface area contributed by atoms with Crippen molar-refractivity contribution in [1.29, 1.82) is 0 Å². The predicted octanol–water partition coefficient (Wildman–Crippen LogP) is 1.32. The average Bonchev–Trinajstić information content (AvgIpc) is 3.23. The molecule has 0 aliphatic heterocycles. The molecule has 6 nitrogen and oxygen atoms in total. The largest absolute Gasteiger partial charge is 0.307 e. The summed E-state index contributed by atoms with van der Waals surface area (Å²) >= 11 is 0. The van der Waals surface area contributed by atoms with Gasteiger partial charge < -0.3 is 5.43 Å². The van der Waals surface area contributed by atoms with Crippen LogP contribution in [-0.2, 0) is 10.0 Å². The van der Waals surface area contributed by atoms with E-state index in [-0.39, 0.29) is 16.8 Å². The van der Waals surface area contributed by atoms with E-state index in [2.05, 4.69) is 17.3 Å². The van der Waals surface area contributed by atoms with Crippen LogP contribution in [0.25, 0.3) is 0 Å².